The molecule has 0 fully saturated rings. The predicted molar refractivity (Wildman–Crippen MR) is 129 cm³/mol. The van der Waals surface area contributed by atoms with Crippen LogP contribution < -0.4 is 5.32 Å². The first-order chi connectivity index (χ1) is 17.3. The van der Waals surface area contributed by atoms with Gasteiger partial charge in [0, 0.05) is 46.0 Å². The number of anilines is 1. The van der Waals surface area contributed by atoms with Crippen LogP contribution in [0, 0.1) is 17.5 Å². The molecule has 184 valence electrons. The van der Waals surface area contributed by atoms with Gasteiger partial charge in [0.2, 0.25) is 0 Å². The van der Waals surface area contributed by atoms with Crippen LogP contribution in [0.15, 0.2) is 73.4 Å². The normalized spacial score (nSPS) is 13.1. The summed E-state index contributed by atoms with van der Waals surface area (Å²) in [5, 5.41) is 24.3. The lowest BCUT2D eigenvalue weighted by molar-refractivity contribution is -0.00828. The van der Waals surface area contributed by atoms with Gasteiger partial charge in [0.15, 0.2) is 0 Å². The number of nitrogens with one attached hydrogen (secondary N) is 1. The fourth-order valence-electron chi connectivity index (χ4n) is 4.10. The SMILES string of the molecule is OC(Cn1cncn1)(Cn1cc2cc(NCc3c(F)cccc3Cl)ccc2n1)c1ccc(F)cc1F. The molecule has 0 amide bonds. The van der Waals surface area contributed by atoms with Gasteiger partial charge in [-0.1, -0.05) is 23.7 Å². The van der Waals surface area contributed by atoms with Crippen molar-refractivity contribution in [2.75, 3.05) is 5.32 Å². The molecule has 0 aliphatic rings. The van der Waals surface area contributed by atoms with E-state index in [2.05, 4.69) is 20.5 Å². The Bertz CT molecular complexity index is 1500. The molecule has 0 bridgehead atoms. The zero-order valence-corrected chi connectivity index (χ0v) is 19.5. The van der Waals surface area contributed by atoms with E-state index in [-0.39, 0.29) is 25.2 Å². The number of aliphatic hydroxyl groups is 1. The van der Waals surface area contributed by atoms with Gasteiger partial charge in [-0.15, -0.1) is 0 Å². The van der Waals surface area contributed by atoms with E-state index >= 15 is 0 Å². The highest BCUT2D eigenvalue weighted by molar-refractivity contribution is 6.31. The lowest BCUT2D eigenvalue weighted by Gasteiger charge is -2.28. The summed E-state index contributed by atoms with van der Waals surface area (Å²) in [6.07, 6.45) is 4.39. The molecule has 5 rings (SSSR count). The Hall–Kier alpha value is -3.89. The predicted octanol–water partition coefficient (Wildman–Crippen LogP) is 4.90. The van der Waals surface area contributed by atoms with Crippen molar-refractivity contribution in [3.05, 3.63) is 107 Å². The molecule has 0 aliphatic carbocycles. The van der Waals surface area contributed by atoms with E-state index in [4.69, 9.17) is 11.6 Å². The number of hydrogen-bond acceptors (Lipinski definition) is 5. The number of rotatable bonds is 8. The molecule has 2 heterocycles. The van der Waals surface area contributed by atoms with Gasteiger partial charge >= 0.3 is 0 Å². The summed E-state index contributed by atoms with van der Waals surface area (Å²) in [5.41, 5.74) is -0.204. The lowest BCUT2D eigenvalue weighted by atomic mass is 9.93. The van der Waals surface area contributed by atoms with Crippen molar-refractivity contribution in [2.24, 2.45) is 0 Å². The molecule has 7 nitrogen and oxygen atoms in total. The van der Waals surface area contributed by atoms with Crippen LogP contribution in [0.4, 0.5) is 18.9 Å². The molecule has 0 aliphatic heterocycles. The van der Waals surface area contributed by atoms with Gasteiger partial charge in [0.1, 0.15) is 35.7 Å². The minimum absolute atomic E-state index is 0.0944. The number of nitrogens with zero attached hydrogens (tertiary/aromatic N) is 5. The van der Waals surface area contributed by atoms with Gasteiger partial charge in [0.05, 0.1) is 18.6 Å². The Morgan fingerprint density at radius 2 is 1.81 bits per heavy atom. The van der Waals surface area contributed by atoms with E-state index in [1.807, 2.05) is 6.07 Å². The van der Waals surface area contributed by atoms with Crippen molar-refractivity contribution in [1.82, 2.24) is 24.5 Å². The summed E-state index contributed by atoms with van der Waals surface area (Å²) in [6, 6.07) is 12.9. The van der Waals surface area contributed by atoms with E-state index < -0.39 is 23.1 Å². The molecular formula is C25H20ClF3N6O. The monoisotopic (exact) mass is 512 g/mol. The zero-order chi connectivity index (χ0) is 25.3. The second kappa shape index (κ2) is 9.63. The summed E-state index contributed by atoms with van der Waals surface area (Å²) in [5.74, 6) is -2.03. The minimum Gasteiger partial charge on any atom is -0.381 e. The molecule has 1 atom stereocenters. The highest BCUT2D eigenvalue weighted by Crippen LogP contribution is 2.29. The quantitative estimate of drug-likeness (QED) is 0.309. The number of benzene rings is 3. The standard InChI is InChI=1S/C25H20ClF3N6O/c26-21-2-1-3-22(28)19(21)10-31-18-5-7-24-16(8-18)11-34(33-24)12-25(36,13-35-15-30-14-32-35)20-6-4-17(27)9-23(20)29/h1-9,11,14-15,31,36H,10,12-13H2. The highest BCUT2D eigenvalue weighted by Gasteiger charge is 2.34. The van der Waals surface area contributed by atoms with Crippen molar-refractivity contribution in [3.63, 3.8) is 0 Å². The molecule has 1 unspecified atom stereocenters. The first kappa shape index (κ1) is 23.8. The van der Waals surface area contributed by atoms with Crippen LogP contribution >= 0.6 is 11.6 Å². The van der Waals surface area contributed by atoms with Gasteiger partial charge in [0.25, 0.3) is 0 Å². The van der Waals surface area contributed by atoms with E-state index in [1.54, 1.807) is 30.5 Å². The van der Waals surface area contributed by atoms with Gasteiger partial charge in [-0.2, -0.15) is 10.2 Å². The Kier molecular flexibility index (Phi) is 6.38. The second-order valence-electron chi connectivity index (χ2n) is 8.40. The average molecular weight is 513 g/mol. The molecule has 5 aromatic rings. The number of fused-ring (bicyclic) bond motifs is 1. The molecule has 0 spiro atoms. The average Bonchev–Trinajstić information content (AvgIpc) is 3.47. The molecule has 0 saturated carbocycles. The number of hydrogen-bond donors (Lipinski definition) is 2. The van der Waals surface area contributed by atoms with Gasteiger partial charge in [-0.05, 0) is 36.4 Å². The highest BCUT2D eigenvalue weighted by atomic mass is 35.5. The topological polar surface area (TPSA) is 80.8 Å². The lowest BCUT2D eigenvalue weighted by Crippen LogP contribution is -2.37. The third-order valence-corrected chi connectivity index (χ3v) is 6.18. The van der Waals surface area contributed by atoms with Crippen LogP contribution in [-0.4, -0.2) is 29.7 Å². The van der Waals surface area contributed by atoms with Crippen molar-refractivity contribution in [3.8, 4) is 0 Å². The van der Waals surface area contributed by atoms with Gasteiger partial charge in [-0.3, -0.25) is 4.68 Å². The van der Waals surface area contributed by atoms with Crippen molar-refractivity contribution in [1.29, 1.82) is 0 Å². The molecule has 3 aromatic carbocycles. The summed E-state index contributed by atoms with van der Waals surface area (Å²) in [7, 11) is 0. The Morgan fingerprint density at radius 3 is 2.56 bits per heavy atom. The minimum atomic E-state index is -1.81. The van der Waals surface area contributed by atoms with Gasteiger partial charge < -0.3 is 10.4 Å². The Morgan fingerprint density at radius 1 is 0.972 bits per heavy atom. The molecule has 11 heteroatoms. The largest absolute Gasteiger partial charge is 0.381 e. The van der Waals surface area contributed by atoms with Crippen molar-refractivity contribution in [2.45, 2.75) is 25.2 Å². The smallest absolute Gasteiger partial charge is 0.137 e. The van der Waals surface area contributed by atoms with Crippen molar-refractivity contribution < 1.29 is 18.3 Å². The van der Waals surface area contributed by atoms with Crippen LogP contribution in [0.1, 0.15) is 11.1 Å². The molecule has 0 radical (unpaired) electrons. The summed E-state index contributed by atoms with van der Waals surface area (Å²) in [6.45, 7) is -0.0910. The number of aromatic nitrogens is 5. The maximum absolute atomic E-state index is 14.7. The first-order valence-corrected chi connectivity index (χ1v) is 11.3. The maximum Gasteiger partial charge on any atom is 0.137 e. The van der Waals surface area contributed by atoms with E-state index in [0.29, 0.717) is 21.8 Å². The van der Waals surface area contributed by atoms with Crippen LogP contribution in [0.5, 0.6) is 0 Å². The third-order valence-electron chi connectivity index (χ3n) is 5.83. The van der Waals surface area contributed by atoms with Crippen LogP contribution in [-0.2, 0) is 25.2 Å². The fraction of sp³-hybridized carbons (Fsp3) is 0.160. The van der Waals surface area contributed by atoms with E-state index in [9.17, 15) is 18.3 Å². The van der Waals surface area contributed by atoms with E-state index in [1.165, 1.54) is 34.2 Å². The molecule has 36 heavy (non-hydrogen) atoms. The summed E-state index contributed by atoms with van der Waals surface area (Å²) >= 11 is 6.10. The summed E-state index contributed by atoms with van der Waals surface area (Å²) in [4.78, 5) is 3.86. The second-order valence-corrected chi connectivity index (χ2v) is 8.81. The first-order valence-electron chi connectivity index (χ1n) is 10.9. The van der Waals surface area contributed by atoms with Crippen LogP contribution in [0.25, 0.3) is 10.9 Å². The number of halogens is 4. The third kappa shape index (κ3) is 4.91. The Labute approximate surface area is 208 Å². The van der Waals surface area contributed by atoms with Crippen LogP contribution in [0.3, 0.4) is 0 Å². The molecule has 2 aromatic heterocycles. The molecule has 2 N–H and O–H groups in total. The van der Waals surface area contributed by atoms with Gasteiger partial charge in [-0.25, -0.2) is 22.8 Å². The maximum atomic E-state index is 14.7. The zero-order valence-electron chi connectivity index (χ0n) is 18.7. The van der Waals surface area contributed by atoms with Crippen LogP contribution in [0.2, 0.25) is 5.02 Å². The molecule has 0 saturated heterocycles. The Balaban J connectivity index is 1.42. The molecular weight excluding hydrogens is 493 g/mol. The summed E-state index contributed by atoms with van der Waals surface area (Å²) < 4.78 is 45.2. The van der Waals surface area contributed by atoms with Crippen molar-refractivity contribution >= 4 is 28.2 Å². The fourth-order valence-corrected chi connectivity index (χ4v) is 4.33. The van der Waals surface area contributed by atoms with E-state index in [0.717, 1.165) is 17.5 Å².